The maximum Gasteiger partial charge on any atom is 0.417 e. The Morgan fingerprint density at radius 2 is 2.00 bits per heavy atom. The zero-order valence-corrected chi connectivity index (χ0v) is 19.2. The van der Waals surface area contributed by atoms with Gasteiger partial charge in [-0.05, 0) is 75.3 Å². The number of pyridine rings is 1. The Morgan fingerprint density at radius 1 is 1.15 bits per heavy atom. The lowest BCUT2D eigenvalue weighted by Gasteiger charge is -2.39. The summed E-state index contributed by atoms with van der Waals surface area (Å²) in [6.07, 6.45) is 8.38. The molecule has 2 atom stereocenters. The summed E-state index contributed by atoms with van der Waals surface area (Å²) in [5, 5.41) is 9.12. The molecule has 5 nitrogen and oxygen atoms in total. The van der Waals surface area contributed by atoms with Crippen molar-refractivity contribution in [1.82, 2.24) is 14.5 Å². The van der Waals surface area contributed by atoms with Crippen LogP contribution in [-0.4, -0.2) is 27.1 Å². The molecule has 34 heavy (non-hydrogen) atoms. The molecule has 2 aromatic heterocycles. The van der Waals surface area contributed by atoms with Crippen molar-refractivity contribution >= 4 is 5.69 Å². The van der Waals surface area contributed by atoms with Crippen LogP contribution in [0.15, 0.2) is 55.2 Å². The summed E-state index contributed by atoms with van der Waals surface area (Å²) in [4.78, 5) is 10.6. The average Bonchev–Trinajstić information content (AvgIpc) is 3.32. The summed E-state index contributed by atoms with van der Waals surface area (Å²) in [5.74, 6) is 0. The molecule has 1 aliphatic carbocycles. The third-order valence-corrected chi connectivity index (χ3v) is 6.69. The van der Waals surface area contributed by atoms with Gasteiger partial charge >= 0.3 is 6.18 Å². The monoisotopic (exact) mass is 467 g/mol. The van der Waals surface area contributed by atoms with Crippen LogP contribution in [0.2, 0.25) is 0 Å². The molecule has 178 valence electrons. The highest BCUT2D eigenvalue weighted by atomic mass is 19.4. The molecule has 0 bridgehead atoms. The summed E-state index contributed by atoms with van der Waals surface area (Å²) in [6.45, 7) is 2.56. The van der Waals surface area contributed by atoms with E-state index >= 15 is 0 Å². The van der Waals surface area contributed by atoms with Gasteiger partial charge in [-0.1, -0.05) is 6.07 Å². The second-order valence-electron chi connectivity index (χ2n) is 8.75. The van der Waals surface area contributed by atoms with Gasteiger partial charge in [0, 0.05) is 48.6 Å². The van der Waals surface area contributed by atoms with Crippen LogP contribution in [0.5, 0.6) is 0 Å². The lowest BCUT2D eigenvalue weighted by molar-refractivity contribution is -0.137. The number of imidazole rings is 1. The number of aryl methyl sites for hydroxylation is 2. The minimum Gasteiger partial charge on any atom is -0.369 e. The van der Waals surface area contributed by atoms with E-state index in [1.165, 1.54) is 11.6 Å². The van der Waals surface area contributed by atoms with E-state index in [9.17, 15) is 13.2 Å². The van der Waals surface area contributed by atoms with Crippen LogP contribution in [0, 0.1) is 11.3 Å². The lowest BCUT2D eigenvalue weighted by atomic mass is 9.89. The fourth-order valence-corrected chi connectivity index (χ4v) is 5.04. The SMILES string of the molecule is CCN(c1ccc(C#N)c(C(F)(F)F)c1)C1CCCC(n2cncc2CCc2cccnc2)C1. The first kappa shape index (κ1) is 23.8. The van der Waals surface area contributed by atoms with Gasteiger partial charge in [-0.2, -0.15) is 18.4 Å². The fraction of sp³-hybridized carbons (Fsp3) is 0.423. The highest BCUT2D eigenvalue weighted by Crippen LogP contribution is 2.38. The van der Waals surface area contributed by atoms with E-state index in [1.807, 2.05) is 31.7 Å². The van der Waals surface area contributed by atoms with Crippen molar-refractivity contribution in [3.8, 4) is 6.07 Å². The minimum absolute atomic E-state index is 0.117. The number of rotatable bonds is 7. The third kappa shape index (κ3) is 5.24. The smallest absolute Gasteiger partial charge is 0.369 e. The molecule has 8 heteroatoms. The Morgan fingerprint density at radius 3 is 2.71 bits per heavy atom. The Kier molecular flexibility index (Phi) is 7.20. The van der Waals surface area contributed by atoms with E-state index in [0.29, 0.717) is 12.2 Å². The summed E-state index contributed by atoms with van der Waals surface area (Å²) < 4.78 is 42.8. The predicted molar refractivity (Wildman–Crippen MR) is 124 cm³/mol. The molecule has 1 saturated carbocycles. The van der Waals surface area contributed by atoms with Gasteiger partial charge in [0.15, 0.2) is 0 Å². The number of alkyl halides is 3. The summed E-state index contributed by atoms with van der Waals surface area (Å²) in [7, 11) is 0. The molecule has 0 saturated heterocycles. The molecule has 0 amide bonds. The molecule has 0 radical (unpaired) electrons. The quantitative estimate of drug-likeness (QED) is 0.430. The first-order chi connectivity index (χ1) is 16.4. The van der Waals surface area contributed by atoms with Crippen molar-refractivity contribution < 1.29 is 13.2 Å². The van der Waals surface area contributed by atoms with Gasteiger partial charge in [0.1, 0.15) is 0 Å². The second kappa shape index (κ2) is 10.3. The zero-order valence-electron chi connectivity index (χ0n) is 19.2. The van der Waals surface area contributed by atoms with E-state index in [0.717, 1.165) is 50.3 Å². The molecule has 3 aromatic rings. The summed E-state index contributed by atoms with van der Waals surface area (Å²) in [5.41, 5.74) is 1.64. The molecule has 2 unspecified atom stereocenters. The van der Waals surface area contributed by atoms with E-state index in [4.69, 9.17) is 5.26 Å². The number of benzene rings is 1. The Balaban J connectivity index is 1.52. The number of aromatic nitrogens is 3. The summed E-state index contributed by atoms with van der Waals surface area (Å²) >= 11 is 0. The molecular formula is C26H28F3N5. The number of anilines is 1. The lowest BCUT2D eigenvalue weighted by Crippen LogP contribution is -2.39. The first-order valence-corrected chi connectivity index (χ1v) is 11.7. The third-order valence-electron chi connectivity index (χ3n) is 6.69. The van der Waals surface area contributed by atoms with Gasteiger partial charge in [0.25, 0.3) is 0 Å². The van der Waals surface area contributed by atoms with Crippen molar-refractivity contribution in [3.63, 3.8) is 0 Å². The normalized spacial score (nSPS) is 18.4. The molecule has 1 aromatic carbocycles. The van der Waals surface area contributed by atoms with E-state index in [1.54, 1.807) is 18.3 Å². The van der Waals surface area contributed by atoms with Gasteiger partial charge in [0.2, 0.25) is 0 Å². The van der Waals surface area contributed by atoms with Gasteiger partial charge < -0.3 is 9.47 Å². The Labute approximate surface area is 197 Å². The second-order valence-corrected chi connectivity index (χ2v) is 8.75. The maximum absolute atomic E-state index is 13.5. The Bertz CT molecular complexity index is 1130. The average molecular weight is 468 g/mol. The number of nitrogens with zero attached hydrogens (tertiary/aromatic N) is 5. The van der Waals surface area contributed by atoms with Crippen molar-refractivity contribution in [2.24, 2.45) is 0 Å². The number of halogens is 3. The fourth-order valence-electron chi connectivity index (χ4n) is 5.04. The van der Waals surface area contributed by atoms with Crippen LogP contribution in [0.3, 0.4) is 0 Å². The van der Waals surface area contributed by atoms with Gasteiger partial charge in [-0.15, -0.1) is 0 Å². The van der Waals surface area contributed by atoms with Gasteiger partial charge in [-0.3, -0.25) is 4.98 Å². The van der Waals surface area contributed by atoms with E-state index < -0.39 is 11.7 Å². The van der Waals surface area contributed by atoms with E-state index in [-0.39, 0.29) is 17.6 Å². The first-order valence-electron chi connectivity index (χ1n) is 11.7. The zero-order chi connectivity index (χ0) is 24.1. The van der Waals surface area contributed by atoms with Crippen LogP contribution >= 0.6 is 0 Å². The van der Waals surface area contributed by atoms with Crippen molar-refractivity contribution in [3.05, 3.63) is 77.6 Å². The summed E-state index contributed by atoms with van der Waals surface area (Å²) in [6, 6.07) is 10.1. The topological polar surface area (TPSA) is 57.7 Å². The van der Waals surface area contributed by atoms with Crippen molar-refractivity contribution in [2.75, 3.05) is 11.4 Å². The van der Waals surface area contributed by atoms with Crippen LogP contribution in [0.25, 0.3) is 0 Å². The molecule has 1 aliphatic rings. The molecule has 0 spiro atoms. The predicted octanol–water partition coefficient (Wildman–Crippen LogP) is 5.96. The van der Waals surface area contributed by atoms with Gasteiger partial charge in [-0.25, -0.2) is 4.98 Å². The highest BCUT2D eigenvalue weighted by molar-refractivity contribution is 5.55. The highest BCUT2D eigenvalue weighted by Gasteiger charge is 2.35. The van der Waals surface area contributed by atoms with Crippen LogP contribution in [-0.2, 0) is 19.0 Å². The Hall–Kier alpha value is -3.34. The molecule has 1 fully saturated rings. The molecule has 0 N–H and O–H groups in total. The number of hydrogen-bond acceptors (Lipinski definition) is 4. The standard InChI is InChI=1S/C26H28F3N5/c1-2-33(23-11-9-20(15-30)25(14-23)26(27,28)29)21-6-3-7-22(13-21)34-18-32-17-24(34)10-8-19-5-4-12-31-16-19/h4-5,9,11-12,14,16-18,21-22H,2-3,6-8,10,13H2,1H3. The number of hydrogen-bond donors (Lipinski definition) is 0. The van der Waals surface area contributed by atoms with Gasteiger partial charge in [0.05, 0.1) is 23.5 Å². The molecule has 0 aliphatic heterocycles. The minimum atomic E-state index is -4.56. The molecule has 2 heterocycles. The van der Waals surface area contributed by atoms with Crippen LogP contribution < -0.4 is 4.90 Å². The largest absolute Gasteiger partial charge is 0.417 e. The van der Waals surface area contributed by atoms with E-state index in [2.05, 4.69) is 25.5 Å². The van der Waals surface area contributed by atoms with Crippen LogP contribution in [0.1, 0.15) is 61.0 Å². The number of nitriles is 1. The molecule has 4 rings (SSSR count). The van der Waals surface area contributed by atoms with Crippen molar-refractivity contribution in [2.45, 2.75) is 63.7 Å². The molecular weight excluding hydrogens is 439 g/mol. The van der Waals surface area contributed by atoms with Crippen LogP contribution in [0.4, 0.5) is 18.9 Å². The maximum atomic E-state index is 13.5. The van der Waals surface area contributed by atoms with Crippen molar-refractivity contribution in [1.29, 1.82) is 5.26 Å².